The molecule has 0 radical (unpaired) electrons. The van der Waals surface area contributed by atoms with Crippen molar-refractivity contribution < 1.29 is 4.74 Å². The average molecular weight is 264 g/mol. The predicted molar refractivity (Wildman–Crippen MR) is 80.9 cm³/mol. The van der Waals surface area contributed by atoms with Gasteiger partial charge in [-0.3, -0.25) is 4.98 Å². The lowest BCUT2D eigenvalue weighted by Gasteiger charge is -2.24. The Bertz CT molecular complexity index is 404. The minimum atomic E-state index is 0.517. The zero-order valence-electron chi connectivity index (χ0n) is 13.2. The highest BCUT2D eigenvalue weighted by molar-refractivity contribution is 5.41. The highest BCUT2D eigenvalue weighted by Crippen LogP contribution is 2.26. The number of aromatic nitrogens is 1. The SMILES string of the molecule is CCNC(C)C(CC)Cc1ncc(C)c(OC)c1C. The summed E-state index contributed by atoms with van der Waals surface area (Å²) < 4.78 is 5.48. The second-order valence-electron chi connectivity index (χ2n) is 5.26. The fourth-order valence-electron chi connectivity index (χ4n) is 2.69. The first-order chi connectivity index (χ1) is 9.04. The molecule has 108 valence electrons. The minimum Gasteiger partial charge on any atom is -0.496 e. The first kappa shape index (κ1) is 16.0. The van der Waals surface area contributed by atoms with E-state index in [2.05, 4.69) is 38.0 Å². The Kier molecular flexibility index (Phi) is 6.29. The number of hydrogen-bond donors (Lipinski definition) is 1. The van der Waals surface area contributed by atoms with Gasteiger partial charge in [0, 0.05) is 29.1 Å². The maximum Gasteiger partial charge on any atom is 0.128 e. The first-order valence-corrected chi connectivity index (χ1v) is 7.27. The Balaban J connectivity index is 2.91. The lowest BCUT2D eigenvalue weighted by atomic mass is 9.91. The van der Waals surface area contributed by atoms with E-state index in [1.807, 2.05) is 13.1 Å². The topological polar surface area (TPSA) is 34.2 Å². The van der Waals surface area contributed by atoms with Gasteiger partial charge in [0.25, 0.3) is 0 Å². The van der Waals surface area contributed by atoms with Crippen molar-refractivity contribution in [3.05, 3.63) is 23.0 Å². The molecular weight excluding hydrogens is 236 g/mol. The molecule has 0 bridgehead atoms. The summed E-state index contributed by atoms with van der Waals surface area (Å²) in [5, 5.41) is 3.52. The smallest absolute Gasteiger partial charge is 0.128 e. The molecule has 0 saturated heterocycles. The van der Waals surface area contributed by atoms with Crippen LogP contribution in [-0.4, -0.2) is 24.7 Å². The Labute approximate surface area is 117 Å². The van der Waals surface area contributed by atoms with Crippen LogP contribution in [-0.2, 0) is 6.42 Å². The Morgan fingerprint density at radius 1 is 1.32 bits per heavy atom. The van der Waals surface area contributed by atoms with Gasteiger partial charge in [-0.05, 0) is 39.7 Å². The third-order valence-electron chi connectivity index (χ3n) is 3.96. The summed E-state index contributed by atoms with van der Waals surface area (Å²) in [4.78, 5) is 4.61. The van der Waals surface area contributed by atoms with Crippen molar-refractivity contribution in [2.24, 2.45) is 5.92 Å². The summed E-state index contributed by atoms with van der Waals surface area (Å²) in [6, 6.07) is 0.517. The van der Waals surface area contributed by atoms with Gasteiger partial charge in [-0.15, -0.1) is 0 Å². The molecule has 0 aliphatic heterocycles. The van der Waals surface area contributed by atoms with Crippen LogP contribution in [0.2, 0.25) is 0 Å². The zero-order valence-corrected chi connectivity index (χ0v) is 13.2. The third kappa shape index (κ3) is 3.93. The van der Waals surface area contributed by atoms with Gasteiger partial charge in [0.2, 0.25) is 0 Å². The molecular formula is C16H28N2O. The van der Waals surface area contributed by atoms with Crippen LogP contribution in [0.5, 0.6) is 5.75 Å². The van der Waals surface area contributed by atoms with Gasteiger partial charge in [0.15, 0.2) is 0 Å². The van der Waals surface area contributed by atoms with Crippen molar-refractivity contribution in [1.29, 1.82) is 0 Å². The second kappa shape index (κ2) is 7.49. The second-order valence-corrected chi connectivity index (χ2v) is 5.26. The summed E-state index contributed by atoms with van der Waals surface area (Å²) in [6.07, 6.45) is 4.09. The van der Waals surface area contributed by atoms with Crippen LogP contribution in [0.1, 0.15) is 44.0 Å². The number of nitrogens with one attached hydrogen (secondary N) is 1. The monoisotopic (exact) mass is 264 g/mol. The molecule has 1 rings (SSSR count). The quantitative estimate of drug-likeness (QED) is 0.820. The largest absolute Gasteiger partial charge is 0.496 e. The normalized spacial score (nSPS) is 14.2. The van der Waals surface area contributed by atoms with Gasteiger partial charge in [0.05, 0.1) is 7.11 Å². The average Bonchev–Trinajstić information content (AvgIpc) is 2.39. The third-order valence-corrected chi connectivity index (χ3v) is 3.96. The highest BCUT2D eigenvalue weighted by Gasteiger charge is 2.18. The summed E-state index contributed by atoms with van der Waals surface area (Å²) in [5.41, 5.74) is 3.46. The molecule has 19 heavy (non-hydrogen) atoms. The number of aryl methyl sites for hydroxylation is 1. The van der Waals surface area contributed by atoms with Gasteiger partial charge >= 0.3 is 0 Å². The van der Waals surface area contributed by atoms with E-state index < -0.39 is 0 Å². The van der Waals surface area contributed by atoms with Crippen LogP contribution < -0.4 is 10.1 Å². The molecule has 0 fully saturated rings. The summed E-state index contributed by atoms with van der Waals surface area (Å²) in [6.45, 7) is 11.8. The van der Waals surface area contributed by atoms with E-state index in [1.54, 1.807) is 7.11 Å². The number of nitrogens with zero attached hydrogens (tertiary/aromatic N) is 1. The van der Waals surface area contributed by atoms with Crippen molar-refractivity contribution in [2.75, 3.05) is 13.7 Å². The molecule has 2 unspecified atom stereocenters. The Morgan fingerprint density at radius 2 is 2.00 bits per heavy atom. The molecule has 3 nitrogen and oxygen atoms in total. The molecule has 1 aromatic rings. The summed E-state index contributed by atoms with van der Waals surface area (Å²) >= 11 is 0. The summed E-state index contributed by atoms with van der Waals surface area (Å²) in [5.74, 6) is 1.59. The molecule has 1 N–H and O–H groups in total. The van der Waals surface area contributed by atoms with Crippen LogP contribution >= 0.6 is 0 Å². The predicted octanol–water partition coefficient (Wildman–Crippen LogP) is 3.27. The van der Waals surface area contributed by atoms with Gasteiger partial charge in [-0.1, -0.05) is 20.3 Å². The van der Waals surface area contributed by atoms with E-state index in [0.717, 1.165) is 30.7 Å². The fourth-order valence-corrected chi connectivity index (χ4v) is 2.69. The van der Waals surface area contributed by atoms with Gasteiger partial charge in [-0.2, -0.15) is 0 Å². The number of ether oxygens (including phenoxy) is 1. The van der Waals surface area contributed by atoms with Gasteiger partial charge < -0.3 is 10.1 Å². The molecule has 2 atom stereocenters. The fraction of sp³-hybridized carbons (Fsp3) is 0.688. The highest BCUT2D eigenvalue weighted by atomic mass is 16.5. The van der Waals surface area contributed by atoms with Crippen LogP contribution in [0.4, 0.5) is 0 Å². The molecule has 0 aliphatic carbocycles. The Morgan fingerprint density at radius 3 is 2.53 bits per heavy atom. The lowest BCUT2D eigenvalue weighted by Crippen LogP contribution is -2.34. The van der Waals surface area contributed by atoms with Crippen molar-refractivity contribution in [1.82, 2.24) is 10.3 Å². The maximum absolute atomic E-state index is 5.48. The van der Waals surface area contributed by atoms with Crippen LogP contribution in [0, 0.1) is 19.8 Å². The van der Waals surface area contributed by atoms with Crippen LogP contribution in [0.25, 0.3) is 0 Å². The molecule has 3 heteroatoms. The molecule has 0 amide bonds. The first-order valence-electron chi connectivity index (χ1n) is 7.27. The lowest BCUT2D eigenvalue weighted by molar-refractivity contribution is 0.362. The van der Waals surface area contributed by atoms with Crippen molar-refractivity contribution in [3.63, 3.8) is 0 Å². The molecule has 0 aliphatic rings. The Hall–Kier alpha value is -1.09. The molecule has 0 saturated carbocycles. The van der Waals surface area contributed by atoms with E-state index in [9.17, 15) is 0 Å². The van der Waals surface area contributed by atoms with E-state index in [4.69, 9.17) is 4.74 Å². The summed E-state index contributed by atoms with van der Waals surface area (Å²) in [7, 11) is 1.73. The van der Waals surface area contributed by atoms with Crippen molar-refractivity contribution in [2.45, 2.75) is 53.5 Å². The van der Waals surface area contributed by atoms with E-state index in [-0.39, 0.29) is 0 Å². The van der Waals surface area contributed by atoms with Gasteiger partial charge in [-0.25, -0.2) is 0 Å². The molecule has 0 aromatic carbocycles. The van der Waals surface area contributed by atoms with E-state index in [1.165, 1.54) is 11.3 Å². The molecule has 1 heterocycles. The molecule has 1 aromatic heterocycles. The van der Waals surface area contributed by atoms with E-state index >= 15 is 0 Å². The number of pyridine rings is 1. The minimum absolute atomic E-state index is 0.517. The number of rotatable bonds is 7. The maximum atomic E-state index is 5.48. The van der Waals surface area contributed by atoms with Crippen LogP contribution in [0.3, 0.4) is 0 Å². The molecule has 0 spiro atoms. The van der Waals surface area contributed by atoms with Crippen molar-refractivity contribution >= 4 is 0 Å². The zero-order chi connectivity index (χ0) is 14.4. The number of hydrogen-bond acceptors (Lipinski definition) is 3. The standard InChI is InChI=1S/C16H28N2O/c1-7-14(13(5)17-8-2)9-15-12(4)16(19-6)11(3)10-18-15/h10,13-14,17H,7-9H2,1-6H3. The van der Waals surface area contributed by atoms with E-state index in [0.29, 0.717) is 12.0 Å². The van der Waals surface area contributed by atoms with Gasteiger partial charge in [0.1, 0.15) is 5.75 Å². The van der Waals surface area contributed by atoms with Crippen molar-refractivity contribution in [3.8, 4) is 5.75 Å². The van der Waals surface area contributed by atoms with Crippen LogP contribution in [0.15, 0.2) is 6.20 Å². The number of methoxy groups -OCH3 is 1.